The summed E-state index contributed by atoms with van der Waals surface area (Å²) >= 11 is 0. The summed E-state index contributed by atoms with van der Waals surface area (Å²) in [7, 11) is 1.45. The molecule has 0 saturated heterocycles. The third-order valence-electron chi connectivity index (χ3n) is 7.68. The molecule has 0 radical (unpaired) electrons. The van der Waals surface area contributed by atoms with Crippen molar-refractivity contribution in [3.8, 4) is 22.9 Å². The van der Waals surface area contributed by atoms with E-state index < -0.39 is 36.8 Å². The molecule has 0 fully saturated rings. The van der Waals surface area contributed by atoms with Crippen LogP contribution in [0.5, 0.6) is 11.8 Å². The third kappa shape index (κ3) is 9.54. The second-order valence-electron chi connectivity index (χ2n) is 11.2. The topological polar surface area (TPSA) is 218 Å². The van der Waals surface area contributed by atoms with Gasteiger partial charge in [-0.2, -0.15) is 10.1 Å². The molecule has 17 nitrogen and oxygen atoms in total. The Morgan fingerprint density at radius 3 is 2.45 bits per heavy atom. The van der Waals surface area contributed by atoms with Crippen molar-refractivity contribution < 1.29 is 43.2 Å². The van der Waals surface area contributed by atoms with Gasteiger partial charge in [-0.1, -0.05) is 72.8 Å². The molecular formula is C36H37N7O10. The van der Waals surface area contributed by atoms with Gasteiger partial charge in [0.2, 0.25) is 0 Å². The van der Waals surface area contributed by atoms with Gasteiger partial charge in [-0.25, -0.2) is 15.4 Å². The van der Waals surface area contributed by atoms with E-state index in [-0.39, 0.29) is 17.1 Å². The maximum atomic E-state index is 13.1. The van der Waals surface area contributed by atoms with Crippen molar-refractivity contribution >= 4 is 29.0 Å². The van der Waals surface area contributed by atoms with E-state index in [1.54, 1.807) is 49.4 Å². The number of carbonyl (C=O) groups is 2. The molecule has 276 valence electrons. The van der Waals surface area contributed by atoms with Gasteiger partial charge in [-0.15, -0.1) is 15.2 Å². The molecule has 5 rings (SSSR count). The van der Waals surface area contributed by atoms with Crippen LogP contribution in [0.15, 0.2) is 96.1 Å². The van der Waals surface area contributed by atoms with Crippen LogP contribution in [0.4, 0.5) is 4.79 Å². The number of fused-ring (bicyclic) bond motifs is 1. The summed E-state index contributed by atoms with van der Waals surface area (Å²) in [6.45, 7) is 3.25. The number of rotatable bonds is 16. The predicted octanol–water partition coefficient (Wildman–Crippen LogP) is 4.98. The van der Waals surface area contributed by atoms with Gasteiger partial charge in [0.15, 0.2) is 18.9 Å². The number of hydrazone groups is 1. The minimum Gasteiger partial charge on any atom is -0.465 e. The highest BCUT2D eigenvalue weighted by molar-refractivity contribution is 6.03. The van der Waals surface area contributed by atoms with Gasteiger partial charge < -0.3 is 34.3 Å². The number of ether oxygens (including phenoxy) is 5. The third-order valence-corrected chi connectivity index (χ3v) is 7.68. The van der Waals surface area contributed by atoms with Crippen LogP contribution in [0.25, 0.3) is 22.2 Å². The van der Waals surface area contributed by atoms with Crippen LogP contribution < -0.4 is 21.1 Å². The van der Waals surface area contributed by atoms with Crippen LogP contribution in [-0.4, -0.2) is 64.5 Å². The van der Waals surface area contributed by atoms with Crippen molar-refractivity contribution in [2.75, 3.05) is 20.4 Å². The molecule has 0 saturated carbocycles. The second-order valence-corrected chi connectivity index (χ2v) is 11.2. The maximum absolute atomic E-state index is 13.1. The van der Waals surface area contributed by atoms with E-state index in [0.717, 1.165) is 21.8 Å². The zero-order valence-corrected chi connectivity index (χ0v) is 29.0. The Bertz CT molecular complexity index is 2100. The molecule has 0 aliphatic heterocycles. The predicted molar refractivity (Wildman–Crippen MR) is 191 cm³/mol. The van der Waals surface area contributed by atoms with Crippen LogP contribution in [0.2, 0.25) is 0 Å². The molecule has 0 bridgehead atoms. The fourth-order valence-corrected chi connectivity index (χ4v) is 5.21. The average molecular weight is 728 g/mol. The van der Waals surface area contributed by atoms with Crippen LogP contribution in [0.1, 0.15) is 40.9 Å². The Labute approximate surface area is 303 Å². The van der Waals surface area contributed by atoms with Gasteiger partial charge in [0, 0.05) is 18.2 Å². The van der Waals surface area contributed by atoms with Gasteiger partial charge in [-0.05, 0) is 48.7 Å². The van der Waals surface area contributed by atoms with Crippen LogP contribution in [-0.2, 0) is 32.2 Å². The van der Waals surface area contributed by atoms with Crippen molar-refractivity contribution in [2.24, 2.45) is 16.7 Å². The molecule has 1 unspecified atom stereocenters. The summed E-state index contributed by atoms with van der Waals surface area (Å²) in [6, 6.07) is 26.7. The summed E-state index contributed by atoms with van der Waals surface area (Å²) in [4.78, 5) is 44.9. The number of para-hydroxylation sites is 2. The monoisotopic (exact) mass is 727 g/mol. The van der Waals surface area contributed by atoms with E-state index >= 15 is 0 Å². The molecule has 1 atom stereocenters. The van der Waals surface area contributed by atoms with E-state index in [4.69, 9.17) is 35.3 Å². The summed E-state index contributed by atoms with van der Waals surface area (Å²) in [5.74, 6) is 5.46. The Hall–Kier alpha value is -6.72. The van der Waals surface area contributed by atoms with E-state index in [1.165, 1.54) is 19.2 Å². The minimum absolute atomic E-state index is 0.0149. The van der Waals surface area contributed by atoms with Crippen LogP contribution in [0.3, 0.4) is 0 Å². The number of esters is 1. The lowest BCUT2D eigenvalue weighted by Crippen LogP contribution is -2.33. The number of methoxy groups -OCH3 is 1. The molecule has 4 N–H and O–H groups in total. The fourth-order valence-electron chi connectivity index (χ4n) is 5.21. The van der Waals surface area contributed by atoms with Crippen molar-refractivity contribution in [1.29, 1.82) is 0 Å². The molecule has 4 aromatic carbocycles. The van der Waals surface area contributed by atoms with Crippen molar-refractivity contribution in [3.63, 3.8) is 0 Å². The number of hydrogen-bond acceptors (Lipinski definition) is 14. The number of aromatic nitrogens is 2. The lowest BCUT2D eigenvalue weighted by atomic mass is 9.98. The number of nitrogens with zero attached hydrogens (tertiary/aromatic N) is 5. The smallest absolute Gasteiger partial charge is 0.465 e. The zero-order valence-electron chi connectivity index (χ0n) is 29.0. The molecule has 0 aliphatic rings. The zero-order chi connectivity index (χ0) is 37.9. The SMILES string of the molecule is CCOc1nc2cccc(C(=O)OC(C)OC)c2n1Cc1ccc(-c2ccccc2/C(N)=N/N(N)COC(=O)Oc2ccccc2CO[N+](=O)[O-])cc1. The molecule has 53 heavy (non-hydrogen) atoms. The van der Waals surface area contributed by atoms with Gasteiger partial charge in [-0.3, -0.25) is 4.57 Å². The number of benzene rings is 4. The fraction of sp³-hybridized carbons (Fsp3) is 0.222. The quantitative estimate of drug-likeness (QED) is 0.0200. The highest BCUT2D eigenvalue weighted by atomic mass is 16.9. The molecule has 0 spiro atoms. The number of imidazole rings is 1. The largest absolute Gasteiger partial charge is 0.515 e. The minimum atomic E-state index is -1.13. The summed E-state index contributed by atoms with van der Waals surface area (Å²) in [6.07, 6.45) is -1.86. The van der Waals surface area contributed by atoms with Crippen molar-refractivity contribution in [3.05, 3.63) is 123 Å². The Morgan fingerprint density at radius 1 is 1.00 bits per heavy atom. The van der Waals surface area contributed by atoms with Crippen LogP contribution >= 0.6 is 0 Å². The number of nitrogens with two attached hydrogens (primary N) is 2. The first-order valence-corrected chi connectivity index (χ1v) is 16.2. The number of hydrogen-bond donors (Lipinski definition) is 2. The molecule has 0 amide bonds. The van der Waals surface area contributed by atoms with Crippen LogP contribution in [0, 0.1) is 10.1 Å². The first-order valence-electron chi connectivity index (χ1n) is 16.2. The van der Waals surface area contributed by atoms with Gasteiger partial charge in [0.1, 0.15) is 12.4 Å². The molecule has 1 heterocycles. The van der Waals surface area contributed by atoms with E-state index in [0.29, 0.717) is 41.3 Å². The Morgan fingerprint density at radius 2 is 1.72 bits per heavy atom. The lowest BCUT2D eigenvalue weighted by molar-refractivity contribution is -0.763. The first-order chi connectivity index (χ1) is 25.6. The van der Waals surface area contributed by atoms with E-state index in [9.17, 15) is 19.7 Å². The molecule has 1 aromatic heterocycles. The Balaban J connectivity index is 1.30. The number of hydrazine groups is 1. The average Bonchev–Trinajstić information content (AvgIpc) is 3.50. The number of amidine groups is 1. The van der Waals surface area contributed by atoms with Gasteiger partial charge in [0.25, 0.3) is 11.1 Å². The standard InChI is InChI=1S/C36H37N7O10/c1-4-49-35-39-30-14-9-13-29(34(44)52-23(2)48-3)32(30)41(35)20-24-16-18-25(19-17-24)27-11-6-7-12-28(27)33(37)40-42(38)22-50-36(45)53-31-15-8-5-10-26(31)21-51-43(46)47/h5-19,23H,4,20-22,38H2,1-3H3,(H2,37,40). The number of carbonyl (C=O) groups excluding carboxylic acids is 2. The van der Waals surface area contributed by atoms with Gasteiger partial charge in [0.05, 0.1) is 29.7 Å². The second kappa shape index (κ2) is 17.5. The highest BCUT2D eigenvalue weighted by Crippen LogP contribution is 2.29. The van der Waals surface area contributed by atoms with Gasteiger partial charge >= 0.3 is 12.1 Å². The van der Waals surface area contributed by atoms with E-state index in [2.05, 4.69) is 14.9 Å². The lowest BCUT2D eigenvalue weighted by Gasteiger charge is -2.16. The van der Waals surface area contributed by atoms with Crippen molar-refractivity contribution in [2.45, 2.75) is 33.3 Å². The van der Waals surface area contributed by atoms with E-state index in [1.807, 2.05) is 47.9 Å². The summed E-state index contributed by atoms with van der Waals surface area (Å²) in [5, 5.41) is 14.6. The first kappa shape index (κ1) is 37.5. The molecule has 17 heteroatoms. The normalized spacial score (nSPS) is 11.8. The maximum Gasteiger partial charge on any atom is 0.515 e. The molecule has 0 aliphatic carbocycles. The Kier molecular flexibility index (Phi) is 12.4. The summed E-state index contributed by atoms with van der Waals surface area (Å²) < 4.78 is 28.4. The molecular weight excluding hydrogens is 690 g/mol. The molecule has 5 aromatic rings. The summed E-state index contributed by atoms with van der Waals surface area (Å²) in [5.41, 5.74) is 11.1. The highest BCUT2D eigenvalue weighted by Gasteiger charge is 2.22. The van der Waals surface area contributed by atoms with Crippen molar-refractivity contribution in [1.82, 2.24) is 14.7 Å².